The number of aromatic nitrogens is 1. The lowest BCUT2D eigenvalue weighted by molar-refractivity contribution is 0.415. The first kappa shape index (κ1) is 12.2. The van der Waals surface area contributed by atoms with Gasteiger partial charge in [-0.25, -0.2) is 0 Å². The quantitative estimate of drug-likeness (QED) is 0.811. The fourth-order valence-electron chi connectivity index (χ4n) is 1.98. The van der Waals surface area contributed by atoms with Crippen molar-refractivity contribution in [1.82, 2.24) is 4.57 Å². The summed E-state index contributed by atoms with van der Waals surface area (Å²) in [5.74, 6) is 0.300. The highest BCUT2D eigenvalue weighted by atomic mass is 16.5. The van der Waals surface area contributed by atoms with Crippen LogP contribution in [0.25, 0.3) is 10.9 Å². The van der Waals surface area contributed by atoms with E-state index in [0.29, 0.717) is 11.3 Å². The zero-order valence-corrected chi connectivity index (χ0v) is 10.6. The average molecular weight is 242 g/mol. The topological polar surface area (TPSA) is 55.0 Å². The number of hydrogen-bond acceptors (Lipinski definition) is 3. The summed E-state index contributed by atoms with van der Waals surface area (Å²) in [5.41, 5.74) is 1.19. The summed E-state index contributed by atoms with van der Waals surface area (Å²) in [5, 5.41) is 9.87. The molecule has 0 aliphatic carbocycles. The predicted molar refractivity (Wildman–Crippen MR) is 69.8 cm³/mol. The Bertz CT molecular complexity index is 695. The molecule has 1 atom stereocenters. The molecule has 0 amide bonds. The van der Waals surface area contributed by atoms with Gasteiger partial charge in [-0.2, -0.15) is 5.26 Å². The molecule has 0 saturated heterocycles. The molecular weight excluding hydrogens is 228 g/mol. The van der Waals surface area contributed by atoms with E-state index in [1.165, 1.54) is 0 Å². The Morgan fingerprint density at radius 2 is 2.11 bits per heavy atom. The van der Waals surface area contributed by atoms with Crippen molar-refractivity contribution in [2.24, 2.45) is 7.05 Å². The van der Waals surface area contributed by atoms with Crippen molar-refractivity contribution in [3.05, 3.63) is 40.2 Å². The molecular formula is C14H14N2O2. The number of hydrogen-bond donors (Lipinski definition) is 0. The largest absolute Gasteiger partial charge is 0.497 e. The molecule has 92 valence electrons. The molecule has 0 spiro atoms. The Morgan fingerprint density at radius 3 is 2.72 bits per heavy atom. The summed E-state index contributed by atoms with van der Waals surface area (Å²) >= 11 is 0. The standard InChI is InChI=1S/C14H14N2O2/c1-9(8-15)12-6-10-4-5-11(18-3)7-13(10)16(2)14(12)17/h4-7,9H,1-3H3. The van der Waals surface area contributed by atoms with Crippen molar-refractivity contribution in [3.8, 4) is 11.8 Å². The molecule has 1 unspecified atom stereocenters. The summed E-state index contributed by atoms with van der Waals surface area (Å²) in [4.78, 5) is 12.2. The van der Waals surface area contributed by atoms with Crippen LogP contribution in [0.1, 0.15) is 18.4 Å². The van der Waals surface area contributed by atoms with Gasteiger partial charge in [0.15, 0.2) is 0 Å². The second-order valence-electron chi connectivity index (χ2n) is 4.24. The lowest BCUT2D eigenvalue weighted by atomic mass is 10.0. The molecule has 0 aliphatic heterocycles. The summed E-state index contributed by atoms with van der Waals surface area (Å²) < 4.78 is 6.70. The van der Waals surface area contributed by atoms with Crippen molar-refractivity contribution in [2.45, 2.75) is 12.8 Å². The van der Waals surface area contributed by atoms with Crippen LogP contribution < -0.4 is 10.3 Å². The van der Waals surface area contributed by atoms with E-state index in [4.69, 9.17) is 10.00 Å². The second kappa shape index (κ2) is 4.53. The average Bonchev–Trinajstić information content (AvgIpc) is 2.41. The Hall–Kier alpha value is -2.28. The maximum atomic E-state index is 12.2. The molecule has 1 aromatic heterocycles. The predicted octanol–water partition coefficient (Wildman–Crippen LogP) is 2.17. The Morgan fingerprint density at radius 1 is 1.39 bits per heavy atom. The van der Waals surface area contributed by atoms with Gasteiger partial charge in [0.05, 0.1) is 24.6 Å². The summed E-state index contributed by atoms with van der Waals surface area (Å²) in [6, 6.07) is 9.43. The number of aryl methyl sites for hydroxylation is 1. The summed E-state index contributed by atoms with van der Waals surface area (Å²) in [7, 11) is 3.29. The van der Waals surface area contributed by atoms with Crippen molar-refractivity contribution in [1.29, 1.82) is 5.26 Å². The second-order valence-corrected chi connectivity index (χ2v) is 4.24. The number of pyridine rings is 1. The fourth-order valence-corrected chi connectivity index (χ4v) is 1.98. The minimum Gasteiger partial charge on any atom is -0.497 e. The number of nitrogens with zero attached hydrogens (tertiary/aromatic N) is 2. The van der Waals surface area contributed by atoms with Gasteiger partial charge in [-0.05, 0) is 30.5 Å². The first-order chi connectivity index (χ1) is 8.58. The zero-order valence-electron chi connectivity index (χ0n) is 10.6. The molecule has 0 aliphatic rings. The van der Waals surface area contributed by atoms with Gasteiger partial charge in [-0.3, -0.25) is 4.79 Å². The van der Waals surface area contributed by atoms with Gasteiger partial charge in [-0.15, -0.1) is 0 Å². The van der Waals surface area contributed by atoms with Crippen LogP contribution in [0.5, 0.6) is 5.75 Å². The number of methoxy groups -OCH3 is 1. The third-order valence-electron chi connectivity index (χ3n) is 3.12. The molecule has 0 saturated carbocycles. The summed E-state index contributed by atoms with van der Waals surface area (Å²) in [6.45, 7) is 1.73. The highest BCUT2D eigenvalue weighted by molar-refractivity contribution is 5.81. The van der Waals surface area contributed by atoms with Crippen LogP contribution in [0.2, 0.25) is 0 Å². The Kier molecular flexibility index (Phi) is 3.07. The SMILES string of the molecule is COc1ccc2cc(C(C)C#N)c(=O)n(C)c2c1. The molecule has 0 radical (unpaired) electrons. The molecule has 1 heterocycles. The number of benzene rings is 1. The monoisotopic (exact) mass is 242 g/mol. The molecule has 4 heteroatoms. The first-order valence-corrected chi connectivity index (χ1v) is 5.65. The highest BCUT2D eigenvalue weighted by Crippen LogP contribution is 2.22. The fraction of sp³-hybridized carbons (Fsp3) is 0.286. The maximum absolute atomic E-state index is 12.2. The van der Waals surface area contributed by atoms with E-state index < -0.39 is 5.92 Å². The van der Waals surface area contributed by atoms with E-state index in [1.54, 1.807) is 31.7 Å². The molecule has 0 bridgehead atoms. The van der Waals surface area contributed by atoms with E-state index in [1.807, 2.05) is 18.2 Å². The van der Waals surface area contributed by atoms with Crippen molar-refractivity contribution in [3.63, 3.8) is 0 Å². The van der Waals surface area contributed by atoms with Crippen LogP contribution in [0, 0.1) is 11.3 Å². The van der Waals surface area contributed by atoms with Gasteiger partial charge in [0.1, 0.15) is 5.75 Å². The smallest absolute Gasteiger partial charge is 0.255 e. The van der Waals surface area contributed by atoms with E-state index in [2.05, 4.69) is 6.07 Å². The first-order valence-electron chi connectivity index (χ1n) is 5.65. The highest BCUT2D eigenvalue weighted by Gasteiger charge is 2.12. The summed E-state index contributed by atoms with van der Waals surface area (Å²) in [6.07, 6.45) is 0. The minimum absolute atomic E-state index is 0.134. The van der Waals surface area contributed by atoms with Crippen LogP contribution in [-0.4, -0.2) is 11.7 Å². The normalized spacial score (nSPS) is 12.1. The van der Waals surface area contributed by atoms with Crippen molar-refractivity contribution >= 4 is 10.9 Å². The van der Waals surface area contributed by atoms with Gasteiger partial charge in [0.25, 0.3) is 5.56 Å². The van der Waals surface area contributed by atoms with Crippen LogP contribution in [0.15, 0.2) is 29.1 Å². The Balaban J connectivity index is 2.80. The molecule has 2 aromatic rings. The minimum atomic E-state index is -0.407. The van der Waals surface area contributed by atoms with E-state index in [0.717, 1.165) is 10.9 Å². The van der Waals surface area contributed by atoms with Gasteiger partial charge in [-0.1, -0.05) is 0 Å². The maximum Gasteiger partial charge on any atom is 0.255 e. The van der Waals surface area contributed by atoms with Gasteiger partial charge in [0.2, 0.25) is 0 Å². The van der Waals surface area contributed by atoms with Crippen molar-refractivity contribution < 1.29 is 4.74 Å². The molecule has 1 aromatic carbocycles. The number of nitriles is 1. The van der Waals surface area contributed by atoms with Crippen LogP contribution in [0.3, 0.4) is 0 Å². The number of rotatable bonds is 2. The molecule has 2 rings (SSSR count). The lowest BCUT2D eigenvalue weighted by Crippen LogP contribution is -2.22. The number of ether oxygens (including phenoxy) is 1. The van der Waals surface area contributed by atoms with E-state index in [9.17, 15) is 4.79 Å². The van der Waals surface area contributed by atoms with Gasteiger partial charge in [0, 0.05) is 18.7 Å². The van der Waals surface area contributed by atoms with E-state index in [-0.39, 0.29) is 5.56 Å². The van der Waals surface area contributed by atoms with Gasteiger partial charge >= 0.3 is 0 Å². The third-order valence-corrected chi connectivity index (χ3v) is 3.12. The molecule has 18 heavy (non-hydrogen) atoms. The molecule has 0 N–H and O–H groups in total. The van der Waals surface area contributed by atoms with Gasteiger partial charge < -0.3 is 9.30 Å². The lowest BCUT2D eigenvalue weighted by Gasteiger charge is -2.10. The Labute approximate surface area is 105 Å². The third kappa shape index (κ3) is 1.84. The van der Waals surface area contributed by atoms with E-state index >= 15 is 0 Å². The molecule has 4 nitrogen and oxygen atoms in total. The number of fused-ring (bicyclic) bond motifs is 1. The molecule has 0 fully saturated rings. The van der Waals surface area contributed by atoms with Crippen LogP contribution >= 0.6 is 0 Å². The van der Waals surface area contributed by atoms with Crippen molar-refractivity contribution in [2.75, 3.05) is 7.11 Å². The zero-order chi connectivity index (χ0) is 13.3. The van der Waals surface area contributed by atoms with Crippen LogP contribution in [-0.2, 0) is 7.05 Å². The van der Waals surface area contributed by atoms with Crippen LogP contribution in [0.4, 0.5) is 0 Å².